The number of rotatable bonds is 2. The van der Waals surface area contributed by atoms with Crippen molar-refractivity contribution < 1.29 is 0 Å². The fraction of sp³-hybridized carbons (Fsp3) is 0.444. The van der Waals surface area contributed by atoms with Crippen molar-refractivity contribution in [1.82, 2.24) is 9.97 Å². The van der Waals surface area contributed by atoms with Crippen molar-refractivity contribution in [3.05, 3.63) is 23.3 Å². The summed E-state index contributed by atoms with van der Waals surface area (Å²) in [5, 5.41) is 8.36. The van der Waals surface area contributed by atoms with Gasteiger partial charge in [-0.15, -0.1) is 0 Å². The Morgan fingerprint density at radius 3 is 2.42 bits per heavy atom. The molecule has 0 amide bonds. The smallest absolute Gasteiger partial charge is 0.129 e. The van der Waals surface area contributed by atoms with E-state index in [9.17, 15) is 0 Å². The van der Waals surface area contributed by atoms with Gasteiger partial charge in [-0.05, 0) is 19.9 Å². The fourth-order valence-electron chi connectivity index (χ4n) is 1.08. The van der Waals surface area contributed by atoms with E-state index in [0.717, 1.165) is 17.2 Å². The van der Waals surface area contributed by atoms with Crippen molar-refractivity contribution in [1.29, 1.82) is 5.26 Å². The minimum absolute atomic E-state index is 0.489. The molecule has 0 radical (unpaired) electrons. The molecule has 3 heteroatoms. The van der Waals surface area contributed by atoms with Gasteiger partial charge in [-0.1, -0.05) is 0 Å². The average molecular weight is 161 g/mol. The van der Waals surface area contributed by atoms with E-state index in [0.29, 0.717) is 12.8 Å². The van der Waals surface area contributed by atoms with Crippen LogP contribution in [0.15, 0.2) is 6.07 Å². The molecule has 0 fully saturated rings. The van der Waals surface area contributed by atoms with Crippen molar-refractivity contribution in [2.45, 2.75) is 26.7 Å². The molecule has 0 N–H and O–H groups in total. The molecular weight excluding hydrogens is 150 g/mol. The van der Waals surface area contributed by atoms with Crippen LogP contribution in [-0.2, 0) is 6.42 Å². The first kappa shape index (κ1) is 8.66. The van der Waals surface area contributed by atoms with Gasteiger partial charge < -0.3 is 0 Å². The van der Waals surface area contributed by atoms with Crippen LogP contribution in [0.1, 0.15) is 23.6 Å². The van der Waals surface area contributed by atoms with Gasteiger partial charge in [0.1, 0.15) is 5.82 Å². The Hall–Kier alpha value is -1.43. The molecule has 0 atom stereocenters. The number of aromatic nitrogens is 2. The fourth-order valence-corrected chi connectivity index (χ4v) is 1.08. The van der Waals surface area contributed by atoms with E-state index in [4.69, 9.17) is 5.26 Å². The first-order valence-corrected chi connectivity index (χ1v) is 3.90. The van der Waals surface area contributed by atoms with Gasteiger partial charge >= 0.3 is 0 Å². The predicted octanol–water partition coefficient (Wildman–Crippen LogP) is 1.55. The maximum atomic E-state index is 8.36. The Bertz CT molecular complexity index is 292. The second-order valence-corrected chi connectivity index (χ2v) is 2.73. The second-order valence-electron chi connectivity index (χ2n) is 2.73. The SMILES string of the molecule is Cc1cc(C)nc(CCC#N)n1. The lowest BCUT2D eigenvalue weighted by molar-refractivity contribution is 0.855. The van der Waals surface area contributed by atoms with Crippen LogP contribution in [0.25, 0.3) is 0 Å². The molecule has 0 aromatic carbocycles. The summed E-state index contributed by atoms with van der Waals surface area (Å²) in [6, 6.07) is 4.00. The Kier molecular flexibility index (Phi) is 2.76. The molecule has 12 heavy (non-hydrogen) atoms. The van der Waals surface area contributed by atoms with Crippen molar-refractivity contribution >= 4 is 0 Å². The number of hydrogen-bond donors (Lipinski definition) is 0. The average Bonchev–Trinajstić information content (AvgIpc) is 1.99. The predicted molar refractivity (Wildman–Crippen MR) is 45.4 cm³/mol. The largest absolute Gasteiger partial charge is 0.238 e. The van der Waals surface area contributed by atoms with E-state index in [1.165, 1.54) is 0 Å². The molecule has 1 rings (SSSR count). The lowest BCUT2D eigenvalue weighted by atomic mass is 10.3. The lowest BCUT2D eigenvalue weighted by Crippen LogP contribution is -1.98. The summed E-state index contributed by atoms with van der Waals surface area (Å²) in [7, 11) is 0. The normalized spacial score (nSPS) is 9.42. The van der Waals surface area contributed by atoms with Crippen molar-refractivity contribution in [2.24, 2.45) is 0 Å². The van der Waals surface area contributed by atoms with E-state index >= 15 is 0 Å². The van der Waals surface area contributed by atoms with Gasteiger partial charge in [0.25, 0.3) is 0 Å². The highest BCUT2D eigenvalue weighted by atomic mass is 14.9. The van der Waals surface area contributed by atoms with E-state index < -0.39 is 0 Å². The highest BCUT2D eigenvalue weighted by Gasteiger charge is 1.97. The van der Waals surface area contributed by atoms with E-state index in [-0.39, 0.29) is 0 Å². The second kappa shape index (κ2) is 3.82. The topological polar surface area (TPSA) is 49.6 Å². The lowest BCUT2D eigenvalue weighted by Gasteiger charge is -1.99. The maximum absolute atomic E-state index is 8.36. The zero-order valence-corrected chi connectivity index (χ0v) is 7.33. The molecule has 1 aromatic rings. The van der Waals surface area contributed by atoms with Gasteiger partial charge in [0.15, 0.2) is 0 Å². The first-order valence-electron chi connectivity index (χ1n) is 3.90. The van der Waals surface area contributed by atoms with E-state index in [1.807, 2.05) is 19.9 Å². The molecular formula is C9H11N3. The number of aryl methyl sites for hydroxylation is 3. The van der Waals surface area contributed by atoms with Crippen LogP contribution < -0.4 is 0 Å². The summed E-state index contributed by atoms with van der Waals surface area (Å²) in [6.07, 6.45) is 1.14. The van der Waals surface area contributed by atoms with Crippen LogP contribution in [-0.4, -0.2) is 9.97 Å². The van der Waals surface area contributed by atoms with Gasteiger partial charge in [0.05, 0.1) is 6.07 Å². The van der Waals surface area contributed by atoms with Gasteiger partial charge in [-0.3, -0.25) is 0 Å². The van der Waals surface area contributed by atoms with Gasteiger partial charge in [0, 0.05) is 24.2 Å². The maximum Gasteiger partial charge on any atom is 0.129 e. The highest BCUT2D eigenvalue weighted by Crippen LogP contribution is 2.00. The molecule has 1 heterocycles. The minimum atomic E-state index is 0.489. The quantitative estimate of drug-likeness (QED) is 0.661. The van der Waals surface area contributed by atoms with Crippen molar-refractivity contribution in [2.75, 3.05) is 0 Å². The Morgan fingerprint density at radius 1 is 1.33 bits per heavy atom. The Labute approximate surface area is 72.1 Å². The molecule has 0 unspecified atom stereocenters. The molecule has 0 saturated heterocycles. The number of hydrogen-bond acceptors (Lipinski definition) is 3. The Morgan fingerprint density at radius 2 is 1.92 bits per heavy atom. The molecule has 0 saturated carbocycles. The zero-order chi connectivity index (χ0) is 8.97. The molecule has 62 valence electrons. The minimum Gasteiger partial charge on any atom is -0.238 e. The molecule has 3 nitrogen and oxygen atoms in total. The summed E-state index contributed by atoms with van der Waals surface area (Å²) in [6.45, 7) is 3.87. The van der Waals surface area contributed by atoms with Crippen LogP contribution in [0.5, 0.6) is 0 Å². The van der Waals surface area contributed by atoms with E-state index in [1.54, 1.807) is 0 Å². The van der Waals surface area contributed by atoms with Gasteiger partial charge in [-0.2, -0.15) is 5.26 Å². The van der Waals surface area contributed by atoms with Crippen LogP contribution in [0.3, 0.4) is 0 Å². The zero-order valence-electron chi connectivity index (χ0n) is 7.33. The summed E-state index contributed by atoms with van der Waals surface area (Å²) < 4.78 is 0. The van der Waals surface area contributed by atoms with E-state index in [2.05, 4.69) is 16.0 Å². The summed E-state index contributed by atoms with van der Waals surface area (Å²) in [5.74, 6) is 0.772. The summed E-state index contributed by atoms with van der Waals surface area (Å²) in [4.78, 5) is 8.42. The van der Waals surface area contributed by atoms with Gasteiger partial charge in [0.2, 0.25) is 0 Å². The van der Waals surface area contributed by atoms with Crippen LogP contribution in [0, 0.1) is 25.2 Å². The molecule has 0 aliphatic carbocycles. The summed E-state index contributed by atoms with van der Waals surface area (Å²) >= 11 is 0. The van der Waals surface area contributed by atoms with Gasteiger partial charge in [-0.25, -0.2) is 9.97 Å². The third-order valence-corrected chi connectivity index (χ3v) is 1.49. The third kappa shape index (κ3) is 2.31. The molecule has 0 aliphatic heterocycles. The summed E-state index contributed by atoms with van der Waals surface area (Å²) in [5.41, 5.74) is 1.94. The molecule has 0 spiro atoms. The van der Waals surface area contributed by atoms with Crippen LogP contribution in [0.4, 0.5) is 0 Å². The number of nitriles is 1. The number of nitrogens with zero attached hydrogens (tertiary/aromatic N) is 3. The highest BCUT2D eigenvalue weighted by molar-refractivity contribution is 5.08. The monoisotopic (exact) mass is 161 g/mol. The van der Waals surface area contributed by atoms with Crippen LogP contribution >= 0.6 is 0 Å². The third-order valence-electron chi connectivity index (χ3n) is 1.49. The van der Waals surface area contributed by atoms with Crippen molar-refractivity contribution in [3.63, 3.8) is 0 Å². The standard InChI is InChI=1S/C9H11N3/c1-7-6-8(2)12-9(11-7)4-3-5-10/h6H,3-4H2,1-2H3. The molecule has 0 aliphatic rings. The first-order chi connectivity index (χ1) is 5.72. The molecule has 0 bridgehead atoms. The Balaban J connectivity index is 2.80. The molecule has 1 aromatic heterocycles. The van der Waals surface area contributed by atoms with Crippen LogP contribution in [0.2, 0.25) is 0 Å². The van der Waals surface area contributed by atoms with Crippen molar-refractivity contribution in [3.8, 4) is 6.07 Å².